The average Bonchev–Trinajstić information content (AvgIpc) is 2.66. The first-order chi connectivity index (χ1) is 9.98. The van der Waals surface area contributed by atoms with Gasteiger partial charge in [0.2, 0.25) is 0 Å². The fraction of sp³-hybridized carbons (Fsp3) is 0.158. The quantitative estimate of drug-likeness (QED) is 0.447. The lowest BCUT2D eigenvalue weighted by Crippen LogP contribution is -2.14. The van der Waals surface area contributed by atoms with Crippen LogP contribution in [-0.4, -0.2) is 0 Å². The Balaban J connectivity index is 2.14. The van der Waals surface area contributed by atoms with Crippen LogP contribution in [0.5, 0.6) is 0 Å². The van der Waals surface area contributed by atoms with Crippen molar-refractivity contribution in [3.05, 3.63) is 69.7 Å². The number of hydrogen-bond donors (Lipinski definition) is 0. The molecule has 0 radical (unpaired) electrons. The number of rotatable bonds is 0. The van der Waals surface area contributed by atoms with E-state index in [2.05, 4.69) is 50.2 Å². The van der Waals surface area contributed by atoms with E-state index in [-0.39, 0.29) is 5.41 Å². The Kier molecular flexibility index (Phi) is 2.67. The highest BCUT2D eigenvalue weighted by atomic mass is 35.5. The van der Waals surface area contributed by atoms with Crippen LogP contribution in [0, 0.1) is 0 Å². The first-order valence-corrected chi connectivity index (χ1v) is 7.77. The van der Waals surface area contributed by atoms with Gasteiger partial charge in [-0.05, 0) is 51.9 Å². The molecule has 0 saturated carbocycles. The molecule has 0 spiro atoms. The van der Waals surface area contributed by atoms with Gasteiger partial charge in [-0.3, -0.25) is 0 Å². The molecule has 0 saturated heterocycles. The Hall–Kier alpha value is -1.50. The van der Waals surface area contributed by atoms with Crippen LogP contribution in [0.4, 0.5) is 0 Å². The van der Waals surface area contributed by atoms with Crippen molar-refractivity contribution >= 4 is 34.0 Å². The summed E-state index contributed by atoms with van der Waals surface area (Å²) in [5, 5.41) is 3.56. The Morgan fingerprint density at radius 1 is 0.810 bits per heavy atom. The lowest BCUT2D eigenvalue weighted by Gasteiger charge is -2.21. The molecule has 1 aliphatic carbocycles. The summed E-state index contributed by atoms with van der Waals surface area (Å²) < 4.78 is 0. The highest BCUT2D eigenvalue weighted by Crippen LogP contribution is 2.50. The van der Waals surface area contributed by atoms with Crippen molar-refractivity contribution in [1.82, 2.24) is 0 Å². The molecule has 104 valence electrons. The van der Waals surface area contributed by atoms with Gasteiger partial charge in [-0.25, -0.2) is 0 Å². The number of benzene rings is 3. The highest BCUT2D eigenvalue weighted by Gasteiger charge is 2.35. The van der Waals surface area contributed by atoms with E-state index in [1.807, 2.05) is 12.1 Å². The van der Waals surface area contributed by atoms with E-state index in [0.717, 1.165) is 10.8 Å². The fourth-order valence-corrected chi connectivity index (χ4v) is 4.04. The molecule has 1 aliphatic rings. The van der Waals surface area contributed by atoms with Gasteiger partial charge in [-0.15, -0.1) is 0 Å². The number of halogens is 2. The molecule has 3 aromatic carbocycles. The Labute approximate surface area is 134 Å². The summed E-state index contributed by atoms with van der Waals surface area (Å²) in [6, 6.07) is 16.9. The Bertz CT molecular complexity index is 891. The molecule has 0 fully saturated rings. The van der Waals surface area contributed by atoms with E-state index in [4.69, 9.17) is 23.2 Å². The summed E-state index contributed by atoms with van der Waals surface area (Å²) in [7, 11) is 0. The van der Waals surface area contributed by atoms with Crippen molar-refractivity contribution in [1.29, 1.82) is 0 Å². The monoisotopic (exact) mass is 312 g/mol. The lowest BCUT2D eigenvalue weighted by atomic mass is 9.82. The predicted octanol–water partition coefficient (Wildman–Crippen LogP) is 6.45. The maximum Gasteiger partial charge on any atom is 0.0499 e. The molecule has 0 nitrogen and oxygen atoms in total. The SMILES string of the molecule is CC1(C)c2ccccc2-c2cc3c(Cl)cc(Cl)cc3cc21. The average molecular weight is 313 g/mol. The van der Waals surface area contributed by atoms with Crippen LogP contribution in [0.2, 0.25) is 10.0 Å². The van der Waals surface area contributed by atoms with Crippen molar-refractivity contribution in [3.63, 3.8) is 0 Å². The van der Waals surface area contributed by atoms with Crippen molar-refractivity contribution < 1.29 is 0 Å². The Morgan fingerprint density at radius 3 is 2.38 bits per heavy atom. The second-order valence-corrected chi connectivity index (χ2v) is 7.02. The predicted molar refractivity (Wildman–Crippen MR) is 91.5 cm³/mol. The molecule has 21 heavy (non-hydrogen) atoms. The molecule has 0 unspecified atom stereocenters. The zero-order chi connectivity index (χ0) is 14.8. The van der Waals surface area contributed by atoms with E-state index in [1.165, 1.54) is 22.3 Å². The van der Waals surface area contributed by atoms with Gasteiger partial charge in [0.25, 0.3) is 0 Å². The third-order valence-electron chi connectivity index (χ3n) is 4.57. The molecule has 0 heterocycles. The van der Waals surface area contributed by atoms with E-state index >= 15 is 0 Å². The minimum atomic E-state index is 0.00884. The molecule has 3 aromatic rings. The lowest BCUT2D eigenvalue weighted by molar-refractivity contribution is 0.661. The van der Waals surface area contributed by atoms with Crippen molar-refractivity contribution in [2.45, 2.75) is 19.3 Å². The van der Waals surface area contributed by atoms with Gasteiger partial charge in [-0.1, -0.05) is 61.3 Å². The molecule has 4 rings (SSSR count). The van der Waals surface area contributed by atoms with E-state index in [1.54, 1.807) is 0 Å². The summed E-state index contributed by atoms with van der Waals surface area (Å²) in [6.45, 7) is 4.55. The molecular weight excluding hydrogens is 299 g/mol. The second kappa shape index (κ2) is 4.25. The van der Waals surface area contributed by atoms with Crippen LogP contribution >= 0.6 is 23.2 Å². The highest BCUT2D eigenvalue weighted by molar-refractivity contribution is 6.38. The van der Waals surface area contributed by atoms with E-state index in [0.29, 0.717) is 10.0 Å². The van der Waals surface area contributed by atoms with E-state index < -0.39 is 0 Å². The van der Waals surface area contributed by atoms with Crippen molar-refractivity contribution in [3.8, 4) is 11.1 Å². The van der Waals surface area contributed by atoms with Crippen molar-refractivity contribution in [2.24, 2.45) is 0 Å². The van der Waals surface area contributed by atoms with Crippen LogP contribution in [0.25, 0.3) is 21.9 Å². The van der Waals surface area contributed by atoms with Crippen LogP contribution in [0.1, 0.15) is 25.0 Å². The van der Waals surface area contributed by atoms with Crippen LogP contribution in [0.3, 0.4) is 0 Å². The normalized spacial score (nSPS) is 15.0. The molecule has 0 atom stereocenters. The van der Waals surface area contributed by atoms with Gasteiger partial charge in [0.1, 0.15) is 0 Å². The standard InChI is InChI=1S/C19H14Cl2/c1-19(2)16-6-4-3-5-13(16)15-10-14-11(8-17(15)19)7-12(20)9-18(14)21/h3-10H,1-2H3. The van der Waals surface area contributed by atoms with Crippen LogP contribution in [-0.2, 0) is 5.41 Å². The molecule has 0 amide bonds. The molecule has 0 bridgehead atoms. The fourth-order valence-electron chi connectivity index (χ4n) is 3.48. The van der Waals surface area contributed by atoms with E-state index in [9.17, 15) is 0 Å². The van der Waals surface area contributed by atoms with Crippen LogP contribution < -0.4 is 0 Å². The van der Waals surface area contributed by atoms with Gasteiger partial charge in [0.05, 0.1) is 0 Å². The third kappa shape index (κ3) is 1.76. The summed E-state index contributed by atoms with van der Waals surface area (Å²) in [6.07, 6.45) is 0. The summed E-state index contributed by atoms with van der Waals surface area (Å²) in [5.41, 5.74) is 5.32. The zero-order valence-electron chi connectivity index (χ0n) is 11.9. The van der Waals surface area contributed by atoms with Gasteiger partial charge in [-0.2, -0.15) is 0 Å². The largest absolute Gasteiger partial charge is 0.0843 e. The van der Waals surface area contributed by atoms with Gasteiger partial charge >= 0.3 is 0 Å². The Morgan fingerprint density at radius 2 is 1.57 bits per heavy atom. The number of fused-ring (bicyclic) bond motifs is 4. The van der Waals surface area contributed by atoms with Crippen LogP contribution in [0.15, 0.2) is 48.5 Å². The molecule has 0 N–H and O–H groups in total. The summed E-state index contributed by atoms with van der Waals surface area (Å²) >= 11 is 12.5. The second-order valence-electron chi connectivity index (χ2n) is 6.18. The minimum Gasteiger partial charge on any atom is -0.0843 e. The van der Waals surface area contributed by atoms with Gasteiger partial charge in [0.15, 0.2) is 0 Å². The first kappa shape index (κ1) is 13.2. The van der Waals surface area contributed by atoms with Gasteiger partial charge in [0, 0.05) is 20.8 Å². The summed E-state index contributed by atoms with van der Waals surface area (Å²) in [4.78, 5) is 0. The molecule has 2 heteroatoms. The minimum absolute atomic E-state index is 0.00884. The molecule has 0 aliphatic heterocycles. The topological polar surface area (TPSA) is 0 Å². The molecular formula is C19H14Cl2. The smallest absolute Gasteiger partial charge is 0.0499 e. The third-order valence-corrected chi connectivity index (χ3v) is 5.10. The van der Waals surface area contributed by atoms with Gasteiger partial charge < -0.3 is 0 Å². The maximum atomic E-state index is 6.38. The summed E-state index contributed by atoms with van der Waals surface area (Å²) in [5.74, 6) is 0. The zero-order valence-corrected chi connectivity index (χ0v) is 13.4. The molecule has 0 aromatic heterocycles. The number of hydrogen-bond acceptors (Lipinski definition) is 0. The maximum absolute atomic E-state index is 6.38. The first-order valence-electron chi connectivity index (χ1n) is 7.01. The van der Waals surface area contributed by atoms with Crippen molar-refractivity contribution in [2.75, 3.05) is 0 Å².